The molecular weight excluding hydrogens is 487 g/mol. The number of unbranched alkanes of at least 4 members (excludes halogenated alkanes) is 3. The molecule has 0 fully saturated rings. The van der Waals surface area contributed by atoms with Gasteiger partial charge in [-0.2, -0.15) is 0 Å². The van der Waals surface area contributed by atoms with Crippen molar-refractivity contribution in [1.82, 2.24) is 0 Å². The van der Waals surface area contributed by atoms with Gasteiger partial charge >= 0.3 is 209 Å². The summed E-state index contributed by atoms with van der Waals surface area (Å²) < 4.78 is 34.4. The Labute approximate surface area is 208 Å². The van der Waals surface area contributed by atoms with Crippen molar-refractivity contribution < 1.29 is 32.2 Å². The van der Waals surface area contributed by atoms with Crippen molar-refractivity contribution in [1.29, 1.82) is 0 Å². The fourth-order valence-corrected chi connectivity index (χ4v) is 14.4. The Balaban J connectivity index is 2.88. The first kappa shape index (κ1) is 29.0. The van der Waals surface area contributed by atoms with Gasteiger partial charge in [-0.3, -0.25) is 0 Å². The zero-order chi connectivity index (χ0) is 26.1. The van der Waals surface area contributed by atoms with Crippen LogP contribution in [0.5, 0.6) is 0 Å². The Morgan fingerprint density at radius 3 is 1.74 bits per heavy atom. The Hall–Kier alpha value is -2.28. The van der Waals surface area contributed by atoms with Crippen LogP contribution in [0.15, 0.2) is 53.4 Å². The van der Waals surface area contributed by atoms with E-state index < -0.39 is 39.3 Å². The number of carbonyl (C=O) groups is 2. The van der Waals surface area contributed by atoms with Gasteiger partial charge in [-0.25, -0.2) is 0 Å². The zero-order valence-electron chi connectivity index (χ0n) is 20.8. The molecule has 0 amide bonds. The van der Waals surface area contributed by atoms with Gasteiger partial charge in [-0.05, 0) is 0 Å². The molecule has 9 heteroatoms. The first-order valence-corrected chi connectivity index (χ1v) is 16.3. The van der Waals surface area contributed by atoms with Gasteiger partial charge in [0.2, 0.25) is 0 Å². The standard InChI is InChI=1S/C26H37O7PS/c1-4-7-17-34(18-8-5-2,19-9-6-3,22-13-11-10-12-14-22)33-35(31,32)24-20-21(25(27)28)15-16-23(24)26(29)30/h10-16,20H,4-9,17-19H2,1-3H3,(H,27,28)(H,29,30). The molecule has 0 saturated carbocycles. The fraction of sp³-hybridized carbons (Fsp3) is 0.462. The third-order valence-corrected chi connectivity index (χ3v) is 15.4. The van der Waals surface area contributed by atoms with Gasteiger partial charge in [0.05, 0.1) is 0 Å². The van der Waals surface area contributed by atoms with Crippen LogP contribution in [-0.2, 0) is 14.1 Å². The van der Waals surface area contributed by atoms with Gasteiger partial charge in [-0.15, -0.1) is 0 Å². The molecular formula is C26H37O7PS. The topological polar surface area (TPSA) is 118 Å². The molecule has 0 aliphatic carbocycles. The summed E-state index contributed by atoms with van der Waals surface area (Å²) in [4.78, 5) is 22.9. The van der Waals surface area contributed by atoms with Gasteiger partial charge < -0.3 is 0 Å². The molecule has 0 bridgehead atoms. The summed E-state index contributed by atoms with van der Waals surface area (Å²) in [7, 11) is -4.63. The normalized spacial score (nSPS) is 13.2. The average molecular weight is 525 g/mol. The molecule has 2 rings (SSSR count). The Morgan fingerprint density at radius 2 is 1.31 bits per heavy atom. The summed E-state index contributed by atoms with van der Waals surface area (Å²) in [5, 5.41) is 20.0. The summed E-state index contributed by atoms with van der Waals surface area (Å²) >= 11 is 0. The average Bonchev–Trinajstić information content (AvgIpc) is 2.85. The first-order chi connectivity index (χ1) is 16.5. The van der Waals surface area contributed by atoms with E-state index in [-0.39, 0.29) is 5.56 Å². The van der Waals surface area contributed by atoms with Crippen molar-refractivity contribution in [3.8, 4) is 0 Å². The van der Waals surface area contributed by atoms with Crippen LogP contribution in [0.3, 0.4) is 0 Å². The van der Waals surface area contributed by atoms with Crippen LogP contribution < -0.4 is 5.30 Å². The number of benzene rings is 2. The number of hydrogen-bond donors (Lipinski definition) is 2. The van der Waals surface area contributed by atoms with Gasteiger partial charge in [-0.1, -0.05) is 0 Å². The predicted molar refractivity (Wildman–Crippen MR) is 141 cm³/mol. The second-order valence-corrected chi connectivity index (χ2v) is 16.1. The van der Waals surface area contributed by atoms with E-state index in [4.69, 9.17) is 3.97 Å². The van der Waals surface area contributed by atoms with Gasteiger partial charge in [0.15, 0.2) is 0 Å². The molecule has 0 heterocycles. The van der Waals surface area contributed by atoms with E-state index in [2.05, 4.69) is 0 Å². The predicted octanol–water partition coefficient (Wildman–Crippen LogP) is 5.98. The van der Waals surface area contributed by atoms with Gasteiger partial charge in [0, 0.05) is 0 Å². The minimum absolute atomic E-state index is 0.312. The summed E-state index contributed by atoms with van der Waals surface area (Å²) in [6.07, 6.45) is 6.51. The maximum absolute atomic E-state index is 14.0. The number of hydrogen-bond acceptors (Lipinski definition) is 5. The molecule has 2 N–H and O–H groups in total. The van der Waals surface area contributed by atoms with E-state index in [9.17, 15) is 28.2 Å². The summed E-state index contributed by atoms with van der Waals surface area (Å²) in [5.74, 6) is -2.80. The zero-order valence-corrected chi connectivity index (χ0v) is 22.5. The van der Waals surface area contributed by atoms with E-state index in [0.29, 0.717) is 18.5 Å². The maximum atomic E-state index is 14.0. The summed E-state index contributed by atoms with van der Waals surface area (Å²) in [6, 6.07) is 12.5. The Morgan fingerprint density at radius 1 is 0.800 bits per heavy atom. The molecule has 0 saturated heterocycles. The number of rotatable bonds is 15. The molecule has 0 spiro atoms. The van der Waals surface area contributed by atoms with E-state index in [1.807, 2.05) is 51.1 Å². The molecule has 194 valence electrons. The molecule has 0 aliphatic rings. The molecule has 2 aromatic carbocycles. The molecule has 7 nitrogen and oxygen atoms in total. The molecule has 2 aromatic rings. The molecule has 0 aromatic heterocycles. The van der Waals surface area contributed by atoms with Crippen LogP contribution in [0.2, 0.25) is 0 Å². The number of carboxylic acid groups (broad SMARTS) is 2. The minimum atomic E-state index is -4.63. The van der Waals surface area contributed by atoms with E-state index in [0.717, 1.165) is 62.0 Å². The third kappa shape index (κ3) is 6.49. The van der Waals surface area contributed by atoms with Crippen LogP contribution in [0.25, 0.3) is 0 Å². The fourth-order valence-electron chi connectivity index (χ4n) is 4.59. The quantitative estimate of drug-likeness (QED) is 0.275. The number of carboxylic acids is 2. The van der Waals surface area contributed by atoms with Crippen LogP contribution in [-0.4, -0.2) is 49.1 Å². The van der Waals surface area contributed by atoms with Crippen LogP contribution in [0.4, 0.5) is 0 Å². The van der Waals surface area contributed by atoms with Crippen molar-refractivity contribution in [2.45, 2.75) is 64.2 Å². The van der Waals surface area contributed by atoms with E-state index in [1.165, 1.54) is 0 Å². The molecule has 0 unspecified atom stereocenters. The molecule has 0 atom stereocenters. The van der Waals surface area contributed by atoms with Crippen LogP contribution in [0, 0.1) is 0 Å². The Bertz CT molecular complexity index is 1110. The number of aromatic carboxylic acids is 2. The monoisotopic (exact) mass is 524 g/mol. The second-order valence-electron chi connectivity index (χ2n) is 9.04. The summed E-state index contributed by atoms with van der Waals surface area (Å²) in [5.41, 5.74) is -0.811. The van der Waals surface area contributed by atoms with Crippen molar-refractivity contribution in [2.24, 2.45) is 0 Å². The third-order valence-electron chi connectivity index (χ3n) is 6.52. The van der Waals surface area contributed by atoms with Crippen molar-refractivity contribution in [2.75, 3.05) is 18.5 Å². The summed E-state index contributed by atoms with van der Waals surface area (Å²) in [6.45, 7) is 2.49. The molecule has 0 aliphatic heterocycles. The molecule has 0 radical (unpaired) electrons. The van der Waals surface area contributed by atoms with Crippen molar-refractivity contribution in [3.05, 3.63) is 59.7 Å². The second kappa shape index (κ2) is 12.1. The molecule has 35 heavy (non-hydrogen) atoms. The van der Waals surface area contributed by atoms with Gasteiger partial charge in [0.25, 0.3) is 0 Å². The van der Waals surface area contributed by atoms with Crippen LogP contribution >= 0.6 is 6.83 Å². The van der Waals surface area contributed by atoms with E-state index >= 15 is 0 Å². The van der Waals surface area contributed by atoms with E-state index in [1.54, 1.807) is 0 Å². The van der Waals surface area contributed by atoms with Crippen molar-refractivity contribution in [3.63, 3.8) is 0 Å². The Kier molecular flexibility index (Phi) is 10.0. The van der Waals surface area contributed by atoms with Crippen LogP contribution in [0.1, 0.15) is 80.0 Å². The first-order valence-electron chi connectivity index (χ1n) is 12.2. The van der Waals surface area contributed by atoms with Crippen molar-refractivity contribution >= 4 is 34.2 Å². The van der Waals surface area contributed by atoms with Gasteiger partial charge in [0.1, 0.15) is 0 Å². The SMILES string of the molecule is CCCCP(CCCC)(CCCC)(OS(=O)(=O)c1cc(C(=O)O)ccc1C(=O)O)c1ccccc1.